The second kappa shape index (κ2) is 9.47. The lowest BCUT2D eigenvalue weighted by Gasteiger charge is -2.25. The van der Waals surface area contributed by atoms with Crippen LogP contribution in [0, 0.1) is 11.7 Å². The molecule has 0 spiro atoms. The molecule has 1 saturated carbocycles. The van der Waals surface area contributed by atoms with Crippen molar-refractivity contribution in [1.29, 1.82) is 0 Å². The summed E-state index contributed by atoms with van der Waals surface area (Å²) < 4.78 is 13.1. The lowest BCUT2D eigenvalue weighted by atomic mass is 9.91. The molecule has 0 saturated heterocycles. The Hall–Kier alpha value is -1.66. The number of nitrogens with one attached hydrogen (secondary N) is 2. The molecule has 5 nitrogen and oxygen atoms in total. The maximum absolute atomic E-state index is 13.1. The number of halogens is 2. The van der Waals surface area contributed by atoms with Crippen LogP contribution in [0.25, 0.3) is 0 Å². The van der Waals surface area contributed by atoms with Gasteiger partial charge in [0, 0.05) is 0 Å². The zero-order valence-electron chi connectivity index (χ0n) is 12.9. The molecule has 0 aromatic heterocycles. The van der Waals surface area contributed by atoms with E-state index in [1.54, 1.807) is 12.1 Å². The average molecular weight is 344 g/mol. The minimum Gasteiger partial charge on any atom is -0.347 e. The van der Waals surface area contributed by atoms with Crippen LogP contribution in [0.5, 0.6) is 0 Å². The minimum atomic E-state index is -0.366. The third-order valence-electron chi connectivity index (χ3n) is 4.05. The van der Waals surface area contributed by atoms with Crippen molar-refractivity contribution in [3.63, 3.8) is 0 Å². The Morgan fingerprint density at radius 3 is 2.35 bits per heavy atom. The van der Waals surface area contributed by atoms with Crippen LogP contribution in [-0.2, 0) is 9.59 Å². The molecule has 0 radical (unpaired) electrons. The van der Waals surface area contributed by atoms with Crippen LogP contribution in [0.15, 0.2) is 24.3 Å². The molecule has 1 fully saturated rings. The number of nitrogens with two attached hydrogens (primary N) is 1. The quantitative estimate of drug-likeness (QED) is 0.734. The van der Waals surface area contributed by atoms with E-state index in [0.717, 1.165) is 31.2 Å². The van der Waals surface area contributed by atoms with Crippen molar-refractivity contribution < 1.29 is 14.0 Å². The number of benzene rings is 1. The fraction of sp³-hybridized carbons (Fsp3) is 0.500. The van der Waals surface area contributed by atoms with Crippen molar-refractivity contribution in [3.8, 4) is 0 Å². The van der Waals surface area contributed by atoms with Crippen LogP contribution in [0.4, 0.5) is 4.39 Å². The van der Waals surface area contributed by atoms with Gasteiger partial charge in [-0.15, -0.1) is 12.4 Å². The van der Waals surface area contributed by atoms with Gasteiger partial charge in [0.15, 0.2) is 0 Å². The lowest BCUT2D eigenvalue weighted by molar-refractivity contribution is -0.126. The molecule has 1 aromatic carbocycles. The fourth-order valence-corrected chi connectivity index (χ4v) is 2.91. The summed E-state index contributed by atoms with van der Waals surface area (Å²) in [6.07, 6.45) is 4.36. The number of hydrogen-bond acceptors (Lipinski definition) is 3. The van der Waals surface area contributed by atoms with Crippen molar-refractivity contribution >= 4 is 24.2 Å². The smallest absolute Gasteiger partial charge is 0.239 e. The molecule has 4 N–H and O–H groups in total. The van der Waals surface area contributed by atoms with Crippen molar-refractivity contribution in [2.75, 3.05) is 13.1 Å². The highest BCUT2D eigenvalue weighted by Crippen LogP contribution is 2.35. The third-order valence-corrected chi connectivity index (χ3v) is 4.05. The second-order valence-electron chi connectivity index (χ2n) is 5.62. The van der Waals surface area contributed by atoms with Crippen LogP contribution >= 0.6 is 12.4 Å². The highest BCUT2D eigenvalue weighted by molar-refractivity contribution is 5.86. The number of carbonyl (C=O) groups is 2. The van der Waals surface area contributed by atoms with E-state index in [2.05, 4.69) is 10.6 Å². The molecule has 23 heavy (non-hydrogen) atoms. The monoisotopic (exact) mass is 343 g/mol. The van der Waals surface area contributed by atoms with E-state index in [4.69, 9.17) is 5.73 Å². The number of amides is 2. The fourth-order valence-electron chi connectivity index (χ4n) is 2.91. The van der Waals surface area contributed by atoms with Gasteiger partial charge in [0.05, 0.1) is 19.1 Å². The summed E-state index contributed by atoms with van der Waals surface area (Å²) in [7, 11) is 0. The highest BCUT2D eigenvalue weighted by Gasteiger charge is 2.27. The van der Waals surface area contributed by atoms with Gasteiger partial charge in [0.25, 0.3) is 0 Å². The molecule has 1 atom stereocenters. The van der Waals surface area contributed by atoms with E-state index >= 15 is 0 Å². The molecule has 0 heterocycles. The predicted molar refractivity (Wildman–Crippen MR) is 88.6 cm³/mol. The Balaban J connectivity index is 0.00000264. The Bertz CT molecular complexity index is 519. The maximum Gasteiger partial charge on any atom is 0.239 e. The first-order chi connectivity index (χ1) is 10.6. The highest BCUT2D eigenvalue weighted by atomic mass is 35.5. The summed E-state index contributed by atoms with van der Waals surface area (Å²) in [6, 6.07) is 6.07. The Morgan fingerprint density at radius 1 is 1.17 bits per heavy atom. The summed E-state index contributed by atoms with van der Waals surface area (Å²) in [6.45, 7) is -0.238. The van der Waals surface area contributed by atoms with Gasteiger partial charge in [-0.1, -0.05) is 25.0 Å². The van der Waals surface area contributed by atoms with Crippen molar-refractivity contribution in [2.24, 2.45) is 11.7 Å². The van der Waals surface area contributed by atoms with Crippen molar-refractivity contribution in [3.05, 3.63) is 35.6 Å². The average Bonchev–Trinajstić information content (AvgIpc) is 3.05. The zero-order valence-corrected chi connectivity index (χ0v) is 13.7. The van der Waals surface area contributed by atoms with Crippen molar-refractivity contribution in [1.82, 2.24) is 10.6 Å². The molecular weight excluding hydrogens is 321 g/mol. The van der Waals surface area contributed by atoms with Gasteiger partial charge >= 0.3 is 0 Å². The predicted octanol–water partition coefficient (Wildman–Crippen LogP) is 1.67. The van der Waals surface area contributed by atoms with Gasteiger partial charge in [0.2, 0.25) is 11.8 Å². The largest absolute Gasteiger partial charge is 0.347 e. The van der Waals surface area contributed by atoms with E-state index in [0.29, 0.717) is 5.92 Å². The van der Waals surface area contributed by atoms with Gasteiger partial charge in [-0.05, 0) is 36.5 Å². The molecule has 2 amide bonds. The summed E-state index contributed by atoms with van der Waals surface area (Å²) in [5.74, 6) is -0.576. The van der Waals surface area contributed by atoms with E-state index in [9.17, 15) is 14.0 Å². The SMILES string of the molecule is Cl.NCC(=O)NCC(=O)NC(c1ccc(F)cc1)C1CCCC1. The first-order valence-electron chi connectivity index (χ1n) is 7.61. The van der Waals surface area contributed by atoms with Gasteiger partial charge in [-0.2, -0.15) is 0 Å². The Kier molecular flexibility index (Phi) is 7.98. The Morgan fingerprint density at radius 2 is 1.78 bits per heavy atom. The van der Waals surface area contributed by atoms with E-state index in [-0.39, 0.29) is 49.2 Å². The molecule has 7 heteroatoms. The second-order valence-corrected chi connectivity index (χ2v) is 5.62. The normalized spacial score (nSPS) is 15.6. The lowest BCUT2D eigenvalue weighted by Crippen LogP contribution is -2.42. The molecule has 1 aliphatic carbocycles. The summed E-state index contributed by atoms with van der Waals surface area (Å²) >= 11 is 0. The first kappa shape index (κ1) is 19.4. The number of rotatable bonds is 6. The summed E-state index contributed by atoms with van der Waals surface area (Å²) in [4.78, 5) is 23.1. The summed E-state index contributed by atoms with van der Waals surface area (Å²) in [5.41, 5.74) is 6.08. The van der Waals surface area contributed by atoms with Gasteiger partial charge < -0.3 is 16.4 Å². The van der Waals surface area contributed by atoms with E-state index in [1.165, 1.54) is 12.1 Å². The van der Waals surface area contributed by atoms with Crippen LogP contribution < -0.4 is 16.4 Å². The minimum absolute atomic E-state index is 0. The van der Waals surface area contributed by atoms with E-state index < -0.39 is 0 Å². The molecule has 0 bridgehead atoms. The number of hydrogen-bond donors (Lipinski definition) is 3. The van der Waals surface area contributed by atoms with Gasteiger partial charge in [0.1, 0.15) is 5.82 Å². The van der Waals surface area contributed by atoms with E-state index in [1.807, 2.05) is 0 Å². The van der Waals surface area contributed by atoms with Crippen LogP contribution in [0.2, 0.25) is 0 Å². The van der Waals surface area contributed by atoms with Crippen LogP contribution in [0.1, 0.15) is 37.3 Å². The van der Waals surface area contributed by atoms with Gasteiger partial charge in [-0.3, -0.25) is 9.59 Å². The number of carbonyl (C=O) groups excluding carboxylic acids is 2. The van der Waals surface area contributed by atoms with Crippen molar-refractivity contribution in [2.45, 2.75) is 31.7 Å². The molecule has 1 unspecified atom stereocenters. The standard InChI is InChI=1S/C16H22FN3O2.ClH/c17-13-7-5-12(6-8-13)16(11-3-1-2-4-11)20-15(22)10-19-14(21)9-18;/h5-8,11,16H,1-4,9-10,18H2,(H,19,21)(H,20,22);1H. The molecular formula is C16H23ClFN3O2. The Labute approximate surface area is 141 Å². The molecule has 128 valence electrons. The van der Waals surface area contributed by atoms with Crippen LogP contribution in [0.3, 0.4) is 0 Å². The topological polar surface area (TPSA) is 84.2 Å². The third kappa shape index (κ3) is 5.80. The van der Waals surface area contributed by atoms with Gasteiger partial charge in [-0.25, -0.2) is 4.39 Å². The molecule has 1 aromatic rings. The zero-order chi connectivity index (χ0) is 15.9. The first-order valence-corrected chi connectivity index (χ1v) is 7.61. The summed E-state index contributed by atoms with van der Waals surface area (Å²) in [5, 5.41) is 5.41. The molecule has 2 rings (SSSR count). The maximum atomic E-state index is 13.1. The van der Waals surface area contributed by atoms with Crippen LogP contribution in [-0.4, -0.2) is 24.9 Å². The molecule has 1 aliphatic rings. The molecule has 0 aliphatic heterocycles.